The third kappa shape index (κ3) is 4.33. The maximum absolute atomic E-state index is 13.3. The van der Waals surface area contributed by atoms with Gasteiger partial charge in [-0.3, -0.25) is 4.79 Å². The topological polar surface area (TPSA) is 41.1 Å². The molecule has 2 rings (SSSR count). The highest BCUT2D eigenvalue weighted by molar-refractivity contribution is 6.35. The Labute approximate surface area is 127 Å². The minimum Gasteiger partial charge on any atom is -0.326 e. The van der Waals surface area contributed by atoms with Gasteiger partial charge in [0.1, 0.15) is 0 Å². The molecule has 1 fully saturated rings. The molecular formula is C14H17Cl2FN2O. The zero-order valence-corrected chi connectivity index (χ0v) is 12.5. The number of benzene rings is 1. The number of carbonyl (C=O) groups excluding carboxylic acids is 1. The molecule has 6 heteroatoms. The first-order valence-electron chi connectivity index (χ1n) is 6.74. The number of rotatable bonds is 4. The second-order valence-corrected chi connectivity index (χ2v) is 5.80. The predicted molar refractivity (Wildman–Crippen MR) is 79.9 cm³/mol. The van der Waals surface area contributed by atoms with E-state index in [0.29, 0.717) is 18.2 Å². The molecule has 0 radical (unpaired) electrons. The van der Waals surface area contributed by atoms with Crippen molar-refractivity contribution in [2.24, 2.45) is 0 Å². The Morgan fingerprint density at radius 1 is 1.35 bits per heavy atom. The summed E-state index contributed by atoms with van der Waals surface area (Å²) in [5.74, 6) is -0.783. The van der Waals surface area contributed by atoms with Crippen LogP contribution in [-0.2, 0) is 4.79 Å². The Bertz CT molecular complexity index is 467. The van der Waals surface area contributed by atoms with E-state index in [9.17, 15) is 9.18 Å². The highest BCUT2D eigenvalue weighted by Gasteiger charge is 2.15. The Hall–Kier alpha value is -0.840. The van der Waals surface area contributed by atoms with Crippen molar-refractivity contribution in [3.63, 3.8) is 0 Å². The van der Waals surface area contributed by atoms with Crippen LogP contribution in [0.5, 0.6) is 0 Å². The summed E-state index contributed by atoms with van der Waals surface area (Å²) in [6, 6.07) is 3.13. The molecule has 1 saturated heterocycles. The highest BCUT2D eigenvalue weighted by Crippen LogP contribution is 2.27. The lowest BCUT2D eigenvalue weighted by Crippen LogP contribution is -2.34. The summed E-state index contributed by atoms with van der Waals surface area (Å²) < 4.78 is 13.3. The van der Waals surface area contributed by atoms with Crippen molar-refractivity contribution in [2.45, 2.75) is 38.1 Å². The van der Waals surface area contributed by atoms with Crippen LogP contribution in [0.15, 0.2) is 12.1 Å². The summed E-state index contributed by atoms with van der Waals surface area (Å²) in [4.78, 5) is 11.8. The quantitative estimate of drug-likeness (QED) is 0.824. The van der Waals surface area contributed by atoms with E-state index in [2.05, 4.69) is 10.6 Å². The fourth-order valence-electron chi connectivity index (χ4n) is 2.33. The molecule has 1 aromatic rings. The van der Waals surface area contributed by atoms with Gasteiger partial charge in [0.05, 0.1) is 10.0 Å². The number of piperidine rings is 1. The van der Waals surface area contributed by atoms with Gasteiger partial charge in [-0.1, -0.05) is 29.6 Å². The Kier molecular flexibility index (Phi) is 5.64. The molecule has 110 valence electrons. The van der Waals surface area contributed by atoms with Crippen LogP contribution in [-0.4, -0.2) is 18.5 Å². The molecule has 1 unspecified atom stereocenters. The Morgan fingerprint density at radius 3 is 2.65 bits per heavy atom. The molecule has 1 amide bonds. The van der Waals surface area contributed by atoms with Crippen molar-refractivity contribution in [1.82, 2.24) is 5.32 Å². The van der Waals surface area contributed by atoms with Gasteiger partial charge in [0.25, 0.3) is 0 Å². The molecule has 2 N–H and O–H groups in total. The van der Waals surface area contributed by atoms with Gasteiger partial charge < -0.3 is 10.6 Å². The van der Waals surface area contributed by atoms with Crippen LogP contribution in [0.1, 0.15) is 32.1 Å². The van der Waals surface area contributed by atoms with Crippen LogP contribution in [0.4, 0.5) is 10.1 Å². The Balaban J connectivity index is 1.84. The van der Waals surface area contributed by atoms with Crippen molar-refractivity contribution < 1.29 is 9.18 Å². The van der Waals surface area contributed by atoms with Gasteiger partial charge >= 0.3 is 0 Å². The van der Waals surface area contributed by atoms with E-state index in [-0.39, 0.29) is 16.0 Å². The standard InChI is InChI=1S/C14H17Cl2FN2O/c15-11-7-10(8-12(16)14(11)17)19-13(20)5-4-9-3-1-2-6-18-9/h7-9,18H,1-6H2,(H,19,20). The zero-order valence-electron chi connectivity index (χ0n) is 11.0. The molecule has 1 aliphatic heterocycles. The van der Waals surface area contributed by atoms with Crippen molar-refractivity contribution >= 4 is 34.8 Å². The number of hydrogen-bond acceptors (Lipinski definition) is 2. The van der Waals surface area contributed by atoms with Gasteiger partial charge in [0.15, 0.2) is 5.82 Å². The van der Waals surface area contributed by atoms with Gasteiger partial charge in [-0.05, 0) is 37.9 Å². The van der Waals surface area contributed by atoms with E-state index >= 15 is 0 Å². The molecule has 0 bridgehead atoms. The van der Waals surface area contributed by atoms with Crippen molar-refractivity contribution in [3.8, 4) is 0 Å². The van der Waals surface area contributed by atoms with Gasteiger partial charge in [0.2, 0.25) is 5.91 Å². The third-order valence-electron chi connectivity index (χ3n) is 3.40. The third-order valence-corrected chi connectivity index (χ3v) is 3.95. The molecular weight excluding hydrogens is 302 g/mol. The number of hydrogen-bond donors (Lipinski definition) is 2. The summed E-state index contributed by atoms with van der Waals surface area (Å²) in [5, 5.41) is 5.89. The van der Waals surface area contributed by atoms with Crippen LogP contribution in [0.2, 0.25) is 10.0 Å². The van der Waals surface area contributed by atoms with Gasteiger partial charge in [-0.15, -0.1) is 0 Å². The monoisotopic (exact) mass is 318 g/mol. The number of carbonyl (C=O) groups is 1. The molecule has 20 heavy (non-hydrogen) atoms. The minimum absolute atomic E-state index is 0.0956. The highest BCUT2D eigenvalue weighted by atomic mass is 35.5. The number of anilines is 1. The average Bonchev–Trinajstić information content (AvgIpc) is 2.43. The fourth-order valence-corrected chi connectivity index (χ4v) is 2.81. The van der Waals surface area contributed by atoms with E-state index in [4.69, 9.17) is 23.2 Å². The maximum atomic E-state index is 13.3. The van der Waals surface area contributed by atoms with Crippen molar-refractivity contribution in [2.75, 3.05) is 11.9 Å². The predicted octanol–water partition coefficient (Wildman–Crippen LogP) is 3.99. The number of amides is 1. The van der Waals surface area contributed by atoms with E-state index < -0.39 is 5.82 Å². The SMILES string of the molecule is O=C(CCC1CCCCN1)Nc1cc(Cl)c(F)c(Cl)c1. The summed E-state index contributed by atoms with van der Waals surface area (Å²) in [5.41, 5.74) is 0.419. The number of nitrogens with one attached hydrogen (secondary N) is 2. The first kappa shape index (κ1) is 15.5. The summed E-state index contributed by atoms with van der Waals surface area (Å²) >= 11 is 11.4. The average molecular weight is 319 g/mol. The number of halogens is 3. The molecule has 0 spiro atoms. The van der Waals surface area contributed by atoms with E-state index in [1.807, 2.05) is 0 Å². The molecule has 3 nitrogen and oxygen atoms in total. The zero-order chi connectivity index (χ0) is 14.5. The summed E-state index contributed by atoms with van der Waals surface area (Å²) in [6.07, 6.45) is 4.75. The molecule has 0 aromatic heterocycles. The van der Waals surface area contributed by atoms with Crippen molar-refractivity contribution in [3.05, 3.63) is 28.0 Å². The largest absolute Gasteiger partial charge is 0.326 e. The fraction of sp³-hybridized carbons (Fsp3) is 0.500. The summed E-state index contributed by atoms with van der Waals surface area (Å²) in [6.45, 7) is 1.02. The van der Waals surface area contributed by atoms with Crippen LogP contribution in [0.3, 0.4) is 0 Å². The van der Waals surface area contributed by atoms with Crippen LogP contribution in [0, 0.1) is 5.82 Å². The minimum atomic E-state index is -0.669. The lowest BCUT2D eigenvalue weighted by atomic mass is 10.0. The second kappa shape index (κ2) is 7.25. The van der Waals surface area contributed by atoms with Crippen LogP contribution >= 0.6 is 23.2 Å². The summed E-state index contributed by atoms with van der Waals surface area (Å²) in [7, 11) is 0. The van der Waals surface area contributed by atoms with Gasteiger partial charge in [0, 0.05) is 18.2 Å². The first-order valence-corrected chi connectivity index (χ1v) is 7.49. The van der Waals surface area contributed by atoms with E-state index in [1.165, 1.54) is 25.0 Å². The smallest absolute Gasteiger partial charge is 0.224 e. The lowest BCUT2D eigenvalue weighted by molar-refractivity contribution is -0.116. The van der Waals surface area contributed by atoms with Crippen LogP contribution < -0.4 is 10.6 Å². The second-order valence-electron chi connectivity index (χ2n) is 4.99. The molecule has 0 saturated carbocycles. The van der Waals surface area contributed by atoms with Gasteiger partial charge in [-0.2, -0.15) is 0 Å². The molecule has 1 atom stereocenters. The van der Waals surface area contributed by atoms with E-state index in [1.54, 1.807) is 0 Å². The normalized spacial score (nSPS) is 18.9. The molecule has 1 aliphatic rings. The van der Waals surface area contributed by atoms with E-state index in [0.717, 1.165) is 19.4 Å². The molecule has 0 aliphatic carbocycles. The van der Waals surface area contributed by atoms with Gasteiger partial charge in [-0.25, -0.2) is 4.39 Å². The lowest BCUT2D eigenvalue weighted by Gasteiger charge is -2.23. The molecule has 1 aromatic carbocycles. The maximum Gasteiger partial charge on any atom is 0.224 e. The molecule has 1 heterocycles. The Morgan fingerprint density at radius 2 is 2.05 bits per heavy atom. The first-order chi connectivity index (χ1) is 9.56. The van der Waals surface area contributed by atoms with Crippen LogP contribution in [0.25, 0.3) is 0 Å². The van der Waals surface area contributed by atoms with Crippen molar-refractivity contribution in [1.29, 1.82) is 0 Å².